The fourth-order valence-corrected chi connectivity index (χ4v) is 4.31. The smallest absolute Gasteiger partial charge is 0.0502 e. The van der Waals surface area contributed by atoms with Crippen LogP contribution in [0.3, 0.4) is 0 Å². The standard InChI is InChI=1S/C16H22N2S/c1-11-5-7-12(8-6-11)15(18-17)14-4-2-3-13-9-10-19-16(13)14/h2-4,9-12,15,18H,5-8,17H2,1H3. The van der Waals surface area contributed by atoms with E-state index in [0.717, 1.165) is 5.92 Å². The minimum atomic E-state index is 0.301. The molecule has 19 heavy (non-hydrogen) atoms. The maximum Gasteiger partial charge on any atom is 0.0502 e. The Morgan fingerprint density at radius 1 is 1.21 bits per heavy atom. The molecule has 1 saturated carbocycles. The third-order valence-corrected chi connectivity index (χ3v) is 5.54. The molecule has 1 fully saturated rings. The first kappa shape index (κ1) is 13.1. The number of thiophene rings is 1. The molecule has 1 aliphatic rings. The Hall–Kier alpha value is -0.900. The molecule has 102 valence electrons. The summed E-state index contributed by atoms with van der Waals surface area (Å²) in [5, 5.41) is 3.51. The topological polar surface area (TPSA) is 38.0 Å². The predicted octanol–water partition coefficient (Wildman–Crippen LogP) is 4.23. The minimum Gasteiger partial charge on any atom is -0.271 e. The molecule has 1 heterocycles. The van der Waals surface area contributed by atoms with Crippen molar-refractivity contribution in [3.8, 4) is 0 Å². The van der Waals surface area contributed by atoms with Crippen molar-refractivity contribution in [3.05, 3.63) is 35.2 Å². The van der Waals surface area contributed by atoms with Crippen LogP contribution in [0.5, 0.6) is 0 Å². The van der Waals surface area contributed by atoms with Gasteiger partial charge in [0.2, 0.25) is 0 Å². The molecule has 0 aliphatic heterocycles. The number of benzene rings is 1. The highest BCUT2D eigenvalue weighted by atomic mass is 32.1. The molecule has 1 atom stereocenters. The molecule has 0 bridgehead atoms. The van der Waals surface area contributed by atoms with Gasteiger partial charge in [0.15, 0.2) is 0 Å². The monoisotopic (exact) mass is 274 g/mol. The third-order valence-electron chi connectivity index (χ3n) is 4.56. The van der Waals surface area contributed by atoms with E-state index in [9.17, 15) is 0 Å². The fourth-order valence-electron chi connectivity index (χ4n) is 3.36. The van der Waals surface area contributed by atoms with Gasteiger partial charge >= 0.3 is 0 Å². The second kappa shape index (κ2) is 5.61. The van der Waals surface area contributed by atoms with Crippen molar-refractivity contribution in [2.75, 3.05) is 0 Å². The summed E-state index contributed by atoms with van der Waals surface area (Å²) in [6.45, 7) is 2.36. The van der Waals surface area contributed by atoms with Crippen molar-refractivity contribution in [1.82, 2.24) is 5.43 Å². The zero-order valence-electron chi connectivity index (χ0n) is 11.4. The molecule has 0 radical (unpaired) electrons. The number of rotatable bonds is 3. The van der Waals surface area contributed by atoms with Gasteiger partial charge in [-0.1, -0.05) is 38.0 Å². The van der Waals surface area contributed by atoms with Crippen LogP contribution in [-0.2, 0) is 0 Å². The molecule has 3 heteroatoms. The van der Waals surface area contributed by atoms with Crippen molar-refractivity contribution in [2.24, 2.45) is 17.7 Å². The van der Waals surface area contributed by atoms with Gasteiger partial charge in [-0.3, -0.25) is 11.3 Å². The number of hydrogen-bond donors (Lipinski definition) is 2. The average Bonchev–Trinajstić information content (AvgIpc) is 2.91. The van der Waals surface area contributed by atoms with E-state index in [1.807, 2.05) is 11.3 Å². The SMILES string of the molecule is CC1CCC(C(NN)c2cccc3ccsc23)CC1. The molecular weight excluding hydrogens is 252 g/mol. The molecule has 0 amide bonds. The molecular formula is C16H22N2S. The van der Waals surface area contributed by atoms with Gasteiger partial charge in [0.1, 0.15) is 0 Å². The van der Waals surface area contributed by atoms with Crippen LogP contribution in [0.4, 0.5) is 0 Å². The zero-order chi connectivity index (χ0) is 13.2. The number of nitrogens with two attached hydrogens (primary N) is 1. The Morgan fingerprint density at radius 3 is 2.74 bits per heavy atom. The Kier molecular flexibility index (Phi) is 3.87. The first-order valence-corrected chi connectivity index (χ1v) is 8.10. The molecule has 0 spiro atoms. The third kappa shape index (κ3) is 2.55. The van der Waals surface area contributed by atoms with Crippen LogP contribution in [0.1, 0.15) is 44.2 Å². The van der Waals surface area contributed by atoms with Crippen LogP contribution < -0.4 is 11.3 Å². The summed E-state index contributed by atoms with van der Waals surface area (Å²) in [6.07, 6.45) is 5.25. The Bertz CT molecular complexity index is 540. The van der Waals surface area contributed by atoms with E-state index in [2.05, 4.69) is 42.0 Å². The average molecular weight is 274 g/mol. The number of hydrazine groups is 1. The lowest BCUT2D eigenvalue weighted by Crippen LogP contribution is -2.35. The normalized spacial score (nSPS) is 25.6. The van der Waals surface area contributed by atoms with Crippen molar-refractivity contribution >= 4 is 21.4 Å². The lowest BCUT2D eigenvalue weighted by molar-refractivity contribution is 0.233. The summed E-state index contributed by atoms with van der Waals surface area (Å²) in [4.78, 5) is 0. The zero-order valence-corrected chi connectivity index (χ0v) is 12.2. The van der Waals surface area contributed by atoms with E-state index in [1.54, 1.807) is 0 Å². The molecule has 3 N–H and O–H groups in total. The second-order valence-corrected chi connectivity index (χ2v) is 6.77. The molecule has 1 aliphatic carbocycles. The molecule has 2 aromatic rings. The van der Waals surface area contributed by atoms with Crippen LogP contribution in [0, 0.1) is 11.8 Å². The van der Waals surface area contributed by atoms with Crippen molar-refractivity contribution in [2.45, 2.75) is 38.6 Å². The predicted molar refractivity (Wildman–Crippen MR) is 83.0 cm³/mol. The van der Waals surface area contributed by atoms with Gasteiger partial charge in [-0.25, -0.2) is 0 Å². The van der Waals surface area contributed by atoms with Crippen LogP contribution in [-0.4, -0.2) is 0 Å². The Labute approximate surface area is 119 Å². The summed E-state index contributed by atoms with van der Waals surface area (Å²) >= 11 is 1.83. The van der Waals surface area contributed by atoms with Gasteiger partial charge in [-0.2, -0.15) is 0 Å². The highest BCUT2D eigenvalue weighted by Gasteiger charge is 2.27. The fraction of sp³-hybridized carbons (Fsp3) is 0.500. The summed E-state index contributed by atoms with van der Waals surface area (Å²) in [5.74, 6) is 7.44. The minimum absolute atomic E-state index is 0.301. The van der Waals surface area contributed by atoms with E-state index < -0.39 is 0 Å². The van der Waals surface area contributed by atoms with Gasteiger partial charge in [-0.15, -0.1) is 11.3 Å². The molecule has 1 aromatic carbocycles. The van der Waals surface area contributed by atoms with E-state index >= 15 is 0 Å². The quantitative estimate of drug-likeness (QED) is 0.649. The summed E-state index contributed by atoms with van der Waals surface area (Å²) in [6, 6.07) is 9.07. The van der Waals surface area contributed by atoms with E-state index in [4.69, 9.17) is 5.84 Å². The Morgan fingerprint density at radius 2 is 2.00 bits per heavy atom. The van der Waals surface area contributed by atoms with Crippen molar-refractivity contribution in [3.63, 3.8) is 0 Å². The maximum absolute atomic E-state index is 5.88. The first-order chi connectivity index (χ1) is 9.29. The van der Waals surface area contributed by atoms with Crippen molar-refractivity contribution in [1.29, 1.82) is 0 Å². The van der Waals surface area contributed by atoms with Crippen LogP contribution in [0.15, 0.2) is 29.6 Å². The summed E-state index contributed by atoms with van der Waals surface area (Å²) in [7, 11) is 0. The van der Waals surface area contributed by atoms with Gasteiger partial charge in [0, 0.05) is 4.70 Å². The van der Waals surface area contributed by atoms with Gasteiger partial charge in [0.25, 0.3) is 0 Å². The Balaban J connectivity index is 1.91. The van der Waals surface area contributed by atoms with E-state index in [1.165, 1.54) is 41.3 Å². The molecule has 1 unspecified atom stereocenters. The van der Waals surface area contributed by atoms with Gasteiger partial charge in [0.05, 0.1) is 6.04 Å². The lowest BCUT2D eigenvalue weighted by atomic mass is 9.77. The van der Waals surface area contributed by atoms with E-state index in [-0.39, 0.29) is 0 Å². The highest BCUT2D eigenvalue weighted by Crippen LogP contribution is 2.39. The first-order valence-electron chi connectivity index (χ1n) is 7.22. The number of nitrogens with one attached hydrogen (secondary N) is 1. The van der Waals surface area contributed by atoms with Crippen LogP contribution in [0.2, 0.25) is 0 Å². The van der Waals surface area contributed by atoms with Crippen LogP contribution >= 0.6 is 11.3 Å². The molecule has 0 saturated heterocycles. The number of hydrogen-bond acceptors (Lipinski definition) is 3. The van der Waals surface area contributed by atoms with Gasteiger partial charge < -0.3 is 0 Å². The van der Waals surface area contributed by atoms with Crippen LogP contribution in [0.25, 0.3) is 10.1 Å². The lowest BCUT2D eigenvalue weighted by Gasteiger charge is -2.32. The molecule has 1 aromatic heterocycles. The highest BCUT2D eigenvalue weighted by molar-refractivity contribution is 7.17. The summed E-state index contributed by atoms with van der Waals surface area (Å²) in [5.41, 5.74) is 4.48. The van der Waals surface area contributed by atoms with Crippen molar-refractivity contribution < 1.29 is 0 Å². The second-order valence-electron chi connectivity index (χ2n) is 5.85. The summed E-state index contributed by atoms with van der Waals surface area (Å²) < 4.78 is 1.39. The number of fused-ring (bicyclic) bond motifs is 1. The van der Waals surface area contributed by atoms with Gasteiger partial charge in [-0.05, 0) is 47.1 Å². The molecule has 2 nitrogen and oxygen atoms in total. The molecule has 3 rings (SSSR count). The maximum atomic E-state index is 5.88. The van der Waals surface area contributed by atoms with E-state index in [0.29, 0.717) is 12.0 Å². The largest absolute Gasteiger partial charge is 0.271 e.